The molecule has 0 bridgehead atoms. The van der Waals surface area contributed by atoms with Crippen LogP contribution in [0.4, 0.5) is 0 Å². The number of carbonyl (C=O) groups excluding carboxylic acids is 1. The summed E-state index contributed by atoms with van der Waals surface area (Å²) in [5.41, 5.74) is 1.75. The van der Waals surface area contributed by atoms with Crippen LogP contribution in [-0.2, 0) is 6.54 Å². The van der Waals surface area contributed by atoms with Crippen LogP contribution in [0.5, 0.6) is 5.75 Å². The summed E-state index contributed by atoms with van der Waals surface area (Å²) in [4.78, 5) is 12.5. The van der Waals surface area contributed by atoms with Gasteiger partial charge in [0.15, 0.2) is 6.20 Å². The molecule has 3 rings (SSSR count). The lowest BCUT2D eigenvalue weighted by atomic mass is 10.1. The van der Waals surface area contributed by atoms with E-state index < -0.39 is 0 Å². The Kier molecular flexibility index (Phi) is 4.38. The fourth-order valence-corrected chi connectivity index (χ4v) is 2.60. The number of ether oxygens (including phenoxy) is 1. The molecule has 0 aliphatic carbocycles. The first kappa shape index (κ1) is 15.2. The monoisotopic (exact) mass is 306 g/mol. The maximum atomic E-state index is 12.5. The lowest BCUT2D eigenvalue weighted by Gasteiger charge is -2.09. The molecule has 1 heterocycles. The first-order chi connectivity index (χ1) is 11.1. The van der Waals surface area contributed by atoms with Crippen molar-refractivity contribution in [3.63, 3.8) is 0 Å². The molecule has 3 aromatic rings. The molecule has 0 saturated carbocycles. The Morgan fingerprint density at radius 1 is 1.00 bits per heavy atom. The standard InChI is InChI=1S/C20H20NO2/c1-15(2)23-18-11-9-17(10-12-18)20(22)14-21-13-5-7-16-6-3-4-8-19(16)21/h3-13,15H,14H2,1-2H3/q+1. The van der Waals surface area contributed by atoms with Crippen molar-refractivity contribution in [2.75, 3.05) is 0 Å². The number of hydrogen-bond donors (Lipinski definition) is 0. The Balaban J connectivity index is 1.81. The number of Topliss-reactive ketones (excluding diaryl/α,β-unsaturated/α-hetero) is 1. The van der Waals surface area contributed by atoms with Crippen LogP contribution in [0.1, 0.15) is 24.2 Å². The van der Waals surface area contributed by atoms with E-state index in [1.807, 2.05) is 85.3 Å². The molecule has 0 saturated heterocycles. The first-order valence-electron chi connectivity index (χ1n) is 7.80. The highest BCUT2D eigenvalue weighted by atomic mass is 16.5. The number of benzene rings is 2. The van der Waals surface area contributed by atoms with Crippen LogP contribution in [-0.4, -0.2) is 11.9 Å². The minimum atomic E-state index is 0.0856. The number of nitrogens with zero attached hydrogens (tertiary/aromatic N) is 1. The molecule has 0 aliphatic rings. The Bertz CT molecular complexity index is 817. The summed E-state index contributed by atoms with van der Waals surface area (Å²) in [6, 6.07) is 19.4. The number of pyridine rings is 1. The van der Waals surface area contributed by atoms with E-state index in [1.54, 1.807) is 0 Å². The van der Waals surface area contributed by atoms with Gasteiger partial charge >= 0.3 is 0 Å². The summed E-state index contributed by atoms with van der Waals surface area (Å²) in [6.07, 6.45) is 2.07. The molecular weight excluding hydrogens is 286 g/mol. The van der Waals surface area contributed by atoms with Gasteiger partial charge in [0.1, 0.15) is 5.75 Å². The first-order valence-corrected chi connectivity index (χ1v) is 7.80. The Morgan fingerprint density at radius 3 is 2.43 bits per heavy atom. The van der Waals surface area contributed by atoms with Crippen LogP contribution >= 0.6 is 0 Å². The molecule has 0 amide bonds. The second-order valence-corrected chi connectivity index (χ2v) is 5.81. The highest BCUT2D eigenvalue weighted by Gasteiger charge is 2.15. The topological polar surface area (TPSA) is 30.2 Å². The zero-order chi connectivity index (χ0) is 16.2. The molecule has 2 aromatic carbocycles. The lowest BCUT2D eigenvalue weighted by molar-refractivity contribution is -0.657. The molecule has 3 nitrogen and oxygen atoms in total. The van der Waals surface area contributed by atoms with Gasteiger partial charge in [0.25, 0.3) is 0 Å². The average molecular weight is 306 g/mol. The van der Waals surface area contributed by atoms with Crippen LogP contribution in [0.25, 0.3) is 10.9 Å². The number of hydrogen-bond acceptors (Lipinski definition) is 2. The minimum absolute atomic E-state index is 0.0856. The van der Waals surface area contributed by atoms with Crippen molar-refractivity contribution in [1.82, 2.24) is 0 Å². The predicted octanol–water partition coefficient (Wildman–Crippen LogP) is 3.80. The number of aromatic nitrogens is 1. The van der Waals surface area contributed by atoms with Crippen molar-refractivity contribution in [3.8, 4) is 5.75 Å². The molecule has 0 aliphatic heterocycles. The van der Waals surface area contributed by atoms with Gasteiger partial charge in [0.05, 0.1) is 6.10 Å². The number of carbonyl (C=O) groups is 1. The summed E-state index contributed by atoms with van der Waals surface area (Å²) in [5, 5.41) is 1.13. The zero-order valence-electron chi connectivity index (χ0n) is 13.4. The van der Waals surface area contributed by atoms with E-state index in [1.165, 1.54) is 0 Å². The molecule has 0 spiro atoms. The van der Waals surface area contributed by atoms with Gasteiger partial charge in [-0.2, -0.15) is 4.57 Å². The highest BCUT2D eigenvalue weighted by Crippen LogP contribution is 2.14. The Hall–Kier alpha value is -2.68. The predicted molar refractivity (Wildman–Crippen MR) is 90.7 cm³/mol. The van der Waals surface area contributed by atoms with Gasteiger partial charge in [-0.15, -0.1) is 0 Å². The van der Waals surface area contributed by atoms with Crippen LogP contribution < -0.4 is 9.30 Å². The lowest BCUT2D eigenvalue weighted by Crippen LogP contribution is -2.38. The van der Waals surface area contributed by atoms with Gasteiger partial charge in [-0.25, -0.2) is 0 Å². The number of fused-ring (bicyclic) bond motifs is 1. The second-order valence-electron chi connectivity index (χ2n) is 5.81. The van der Waals surface area contributed by atoms with Crippen molar-refractivity contribution in [3.05, 3.63) is 72.4 Å². The van der Waals surface area contributed by atoms with Crippen LogP contribution in [0.2, 0.25) is 0 Å². The van der Waals surface area contributed by atoms with Crippen molar-refractivity contribution in [2.24, 2.45) is 0 Å². The van der Waals surface area contributed by atoms with Crippen molar-refractivity contribution in [1.29, 1.82) is 0 Å². The molecule has 23 heavy (non-hydrogen) atoms. The molecule has 0 fully saturated rings. The highest BCUT2D eigenvalue weighted by molar-refractivity contribution is 5.95. The summed E-state index contributed by atoms with van der Waals surface area (Å²) in [5.74, 6) is 0.872. The normalized spacial score (nSPS) is 10.9. The third-order valence-electron chi connectivity index (χ3n) is 3.65. The molecule has 1 aromatic heterocycles. The Morgan fingerprint density at radius 2 is 1.70 bits per heavy atom. The van der Waals surface area contributed by atoms with E-state index in [0.29, 0.717) is 12.1 Å². The summed E-state index contributed by atoms with van der Waals surface area (Å²) >= 11 is 0. The van der Waals surface area contributed by atoms with E-state index >= 15 is 0 Å². The van der Waals surface area contributed by atoms with E-state index in [-0.39, 0.29) is 11.9 Å². The molecule has 0 radical (unpaired) electrons. The SMILES string of the molecule is CC(C)Oc1ccc(C(=O)C[n+]2cccc3ccccc32)cc1. The van der Waals surface area contributed by atoms with E-state index in [9.17, 15) is 4.79 Å². The molecule has 0 atom stereocenters. The molecule has 0 unspecified atom stereocenters. The van der Waals surface area contributed by atoms with Crippen molar-refractivity contribution < 1.29 is 14.1 Å². The average Bonchev–Trinajstić information content (AvgIpc) is 2.55. The third kappa shape index (κ3) is 3.57. The quantitative estimate of drug-likeness (QED) is 0.530. The molecule has 116 valence electrons. The summed E-state index contributed by atoms with van der Waals surface area (Å²) < 4.78 is 7.59. The maximum absolute atomic E-state index is 12.5. The van der Waals surface area contributed by atoms with Crippen LogP contribution in [0.15, 0.2) is 66.9 Å². The summed E-state index contributed by atoms with van der Waals surface area (Å²) in [7, 11) is 0. The molecule has 0 N–H and O–H groups in total. The van der Waals surface area contributed by atoms with Crippen LogP contribution in [0.3, 0.4) is 0 Å². The zero-order valence-corrected chi connectivity index (χ0v) is 13.4. The minimum Gasteiger partial charge on any atom is -0.491 e. The van der Waals surface area contributed by atoms with Gasteiger partial charge in [-0.05, 0) is 50.2 Å². The number of ketones is 1. The van der Waals surface area contributed by atoms with Gasteiger partial charge in [0, 0.05) is 23.1 Å². The third-order valence-corrected chi connectivity index (χ3v) is 3.65. The fraction of sp³-hybridized carbons (Fsp3) is 0.200. The number of para-hydroxylation sites is 1. The van der Waals surface area contributed by atoms with Gasteiger partial charge in [-0.1, -0.05) is 12.1 Å². The van der Waals surface area contributed by atoms with Gasteiger partial charge in [0.2, 0.25) is 17.8 Å². The van der Waals surface area contributed by atoms with Crippen LogP contribution in [0, 0.1) is 0 Å². The van der Waals surface area contributed by atoms with Crippen molar-refractivity contribution >= 4 is 16.7 Å². The van der Waals surface area contributed by atoms with E-state index in [4.69, 9.17) is 4.74 Å². The second kappa shape index (κ2) is 6.61. The maximum Gasteiger partial charge on any atom is 0.227 e. The van der Waals surface area contributed by atoms with E-state index in [2.05, 4.69) is 0 Å². The largest absolute Gasteiger partial charge is 0.491 e. The van der Waals surface area contributed by atoms with Gasteiger partial charge < -0.3 is 4.74 Å². The summed E-state index contributed by atoms with van der Waals surface area (Å²) in [6.45, 7) is 4.29. The fourth-order valence-electron chi connectivity index (χ4n) is 2.60. The smallest absolute Gasteiger partial charge is 0.227 e. The number of rotatable bonds is 5. The van der Waals surface area contributed by atoms with Crippen molar-refractivity contribution in [2.45, 2.75) is 26.5 Å². The Labute approximate surface area is 136 Å². The van der Waals surface area contributed by atoms with Gasteiger partial charge in [-0.3, -0.25) is 4.79 Å². The molecule has 3 heteroatoms. The molecular formula is C20H20NO2+. The van der Waals surface area contributed by atoms with E-state index in [0.717, 1.165) is 16.7 Å².